The first-order valence-electron chi connectivity index (χ1n) is 10.8. The van der Waals surface area contributed by atoms with Gasteiger partial charge in [0.05, 0.1) is 30.7 Å². The Morgan fingerprint density at radius 2 is 1.67 bits per heavy atom. The molecule has 0 bridgehead atoms. The summed E-state index contributed by atoms with van der Waals surface area (Å²) < 4.78 is 38.5. The van der Waals surface area contributed by atoms with E-state index >= 15 is 4.39 Å². The fourth-order valence-corrected chi connectivity index (χ4v) is 4.78. The van der Waals surface area contributed by atoms with Gasteiger partial charge in [-0.3, -0.25) is 14.4 Å². The molecule has 190 valence electrons. The van der Waals surface area contributed by atoms with Gasteiger partial charge in [-0.05, 0) is 56.0 Å². The molecule has 0 heterocycles. The average molecular weight is 538 g/mol. The van der Waals surface area contributed by atoms with E-state index in [-0.39, 0.29) is 45.2 Å². The summed E-state index contributed by atoms with van der Waals surface area (Å²) in [7, 11) is 2.38. The summed E-state index contributed by atoms with van der Waals surface area (Å²) in [5.74, 6) is -5.13. The minimum Gasteiger partial charge on any atom is -0.468 e. The molecular weight excluding hydrogens is 516 g/mol. The molecule has 36 heavy (non-hydrogen) atoms. The summed E-state index contributed by atoms with van der Waals surface area (Å²) in [6.07, 6.45) is 1.60. The van der Waals surface area contributed by atoms with Gasteiger partial charge in [0.2, 0.25) is 0 Å². The van der Waals surface area contributed by atoms with Gasteiger partial charge in [-0.2, -0.15) is 0 Å². The first-order valence-corrected chi connectivity index (χ1v) is 12.2. The first-order chi connectivity index (χ1) is 17.2. The second kappa shape index (κ2) is 12.1. The maximum absolute atomic E-state index is 15.2. The van der Waals surface area contributed by atoms with Gasteiger partial charge in [-0.25, -0.2) is 18.5 Å². The fraction of sp³-hybridized carbons (Fsp3) is 0.280. The van der Waals surface area contributed by atoms with Gasteiger partial charge in [0.15, 0.2) is 0 Å². The van der Waals surface area contributed by atoms with E-state index in [9.17, 15) is 23.6 Å². The molecule has 0 saturated carbocycles. The number of carbonyl (C=O) groups is 4. The van der Waals surface area contributed by atoms with Crippen LogP contribution in [0.1, 0.15) is 36.0 Å². The molecule has 3 rings (SSSR count). The van der Waals surface area contributed by atoms with Gasteiger partial charge in [0.1, 0.15) is 11.6 Å². The summed E-state index contributed by atoms with van der Waals surface area (Å²) in [4.78, 5) is 52.0. The van der Waals surface area contributed by atoms with Gasteiger partial charge in [0, 0.05) is 21.6 Å². The number of imide groups is 1. The number of benzene rings is 2. The predicted molar refractivity (Wildman–Crippen MR) is 130 cm³/mol. The third-order valence-electron chi connectivity index (χ3n) is 5.45. The monoisotopic (exact) mass is 537 g/mol. The van der Waals surface area contributed by atoms with Crippen molar-refractivity contribution in [2.24, 2.45) is 0 Å². The van der Waals surface area contributed by atoms with E-state index in [1.54, 1.807) is 0 Å². The lowest BCUT2D eigenvalue weighted by atomic mass is 9.90. The molecule has 0 spiro atoms. The van der Waals surface area contributed by atoms with E-state index < -0.39 is 41.1 Å². The second-order valence-corrected chi connectivity index (χ2v) is 9.14. The van der Waals surface area contributed by atoms with Crippen LogP contribution in [0.5, 0.6) is 0 Å². The van der Waals surface area contributed by atoms with Crippen LogP contribution in [-0.4, -0.2) is 43.7 Å². The normalized spacial score (nSPS) is 13.2. The number of rotatable bonds is 7. The Hall–Kier alpha value is -3.24. The maximum Gasteiger partial charge on any atom is 0.334 e. The second-order valence-electron chi connectivity index (χ2n) is 7.71. The largest absolute Gasteiger partial charge is 0.468 e. The van der Waals surface area contributed by atoms with E-state index in [2.05, 4.69) is 4.74 Å². The maximum atomic E-state index is 15.2. The van der Waals surface area contributed by atoms with Crippen molar-refractivity contribution in [2.45, 2.75) is 30.6 Å². The SMILES string of the molecule is COC(=O)CSc1cc(N(C(=O)C2=C(C(=O)OC)CCCC2)C(=O)c2cccc(F)c2)c(F)cc1Cl. The third kappa shape index (κ3) is 6.11. The van der Waals surface area contributed by atoms with Gasteiger partial charge in [-0.15, -0.1) is 11.8 Å². The minimum atomic E-state index is -1.01. The molecule has 0 radical (unpaired) electrons. The number of amides is 2. The van der Waals surface area contributed by atoms with Crippen LogP contribution >= 0.6 is 23.4 Å². The Labute approximate surface area is 215 Å². The van der Waals surface area contributed by atoms with Crippen LogP contribution in [0.15, 0.2) is 52.4 Å². The van der Waals surface area contributed by atoms with Crippen LogP contribution in [0.25, 0.3) is 0 Å². The summed E-state index contributed by atoms with van der Waals surface area (Å²) in [5, 5.41) is -0.0529. The summed E-state index contributed by atoms with van der Waals surface area (Å²) in [6, 6.07) is 6.66. The quantitative estimate of drug-likeness (QED) is 0.276. The van der Waals surface area contributed by atoms with Crippen LogP contribution in [0.4, 0.5) is 14.5 Å². The molecule has 1 aliphatic carbocycles. The average Bonchev–Trinajstić information content (AvgIpc) is 2.88. The van der Waals surface area contributed by atoms with Crippen molar-refractivity contribution in [3.8, 4) is 0 Å². The lowest BCUT2D eigenvalue weighted by Gasteiger charge is -2.26. The molecule has 0 atom stereocenters. The zero-order chi connectivity index (χ0) is 26.4. The van der Waals surface area contributed by atoms with E-state index in [1.165, 1.54) is 26.4 Å². The number of hydrogen-bond donors (Lipinski definition) is 0. The molecule has 2 amide bonds. The van der Waals surface area contributed by atoms with Gasteiger partial charge in [0.25, 0.3) is 11.8 Å². The number of methoxy groups -OCH3 is 2. The van der Waals surface area contributed by atoms with Crippen molar-refractivity contribution < 1.29 is 37.4 Å². The molecule has 0 saturated heterocycles. The van der Waals surface area contributed by atoms with Crippen molar-refractivity contribution in [2.75, 3.05) is 24.9 Å². The number of carbonyl (C=O) groups excluding carboxylic acids is 4. The Morgan fingerprint density at radius 3 is 2.31 bits per heavy atom. The van der Waals surface area contributed by atoms with Crippen molar-refractivity contribution in [1.29, 1.82) is 0 Å². The zero-order valence-corrected chi connectivity index (χ0v) is 21.0. The topological polar surface area (TPSA) is 90.0 Å². The van der Waals surface area contributed by atoms with Gasteiger partial charge >= 0.3 is 11.9 Å². The highest BCUT2D eigenvalue weighted by Crippen LogP contribution is 2.36. The number of thioether (sulfide) groups is 1. The molecule has 11 heteroatoms. The van der Waals surface area contributed by atoms with E-state index in [0.29, 0.717) is 17.7 Å². The number of ether oxygens (including phenoxy) is 2. The lowest BCUT2D eigenvalue weighted by Crippen LogP contribution is -2.40. The van der Waals surface area contributed by atoms with Crippen LogP contribution in [0.3, 0.4) is 0 Å². The van der Waals surface area contributed by atoms with E-state index in [4.69, 9.17) is 16.3 Å². The van der Waals surface area contributed by atoms with Crippen LogP contribution < -0.4 is 4.90 Å². The van der Waals surface area contributed by atoms with Crippen LogP contribution in [-0.2, 0) is 23.9 Å². The minimum absolute atomic E-state index is 0.0102. The molecule has 0 aromatic heterocycles. The number of nitrogens with zero attached hydrogens (tertiary/aromatic N) is 1. The Bertz CT molecular complexity index is 1250. The number of anilines is 1. The number of esters is 2. The summed E-state index contributed by atoms with van der Waals surface area (Å²) >= 11 is 7.06. The lowest BCUT2D eigenvalue weighted by molar-refractivity contribution is -0.138. The highest BCUT2D eigenvalue weighted by Gasteiger charge is 2.34. The molecule has 0 unspecified atom stereocenters. The van der Waals surface area contributed by atoms with Crippen molar-refractivity contribution in [1.82, 2.24) is 0 Å². The van der Waals surface area contributed by atoms with Crippen LogP contribution in [0, 0.1) is 11.6 Å². The highest BCUT2D eigenvalue weighted by molar-refractivity contribution is 8.00. The predicted octanol–water partition coefficient (Wildman–Crippen LogP) is 5.10. The molecule has 0 aliphatic heterocycles. The number of halogens is 3. The molecule has 7 nitrogen and oxygen atoms in total. The fourth-order valence-electron chi connectivity index (χ4n) is 3.68. The van der Waals surface area contributed by atoms with Gasteiger partial charge in [-0.1, -0.05) is 17.7 Å². The van der Waals surface area contributed by atoms with Crippen LogP contribution in [0.2, 0.25) is 5.02 Å². The zero-order valence-electron chi connectivity index (χ0n) is 19.4. The molecule has 2 aromatic rings. The Balaban J connectivity index is 2.17. The van der Waals surface area contributed by atoms with Crippen molar-refractivity contribution in [3.05, 3.63) is 69.8 Å². The van der Waals surface area contributed by atoms with Crippen molar-refractivity contribution >= 4 is 52.8 Å². The molecule has 0 N–H and O–H groups in total. The third-order valence-corrected chi connectivity index (χ3v) is 6.90. The number of hydrogen-bond acceptors (Lipinski definition) is 7. The Morgan fingerprint density at radius 1 is 0.972 bits per heavy atom. The first kappa shape index (κ1) is 27.3. The highest BCUT2D eigenvalue weighted by atomic mass is 35.5. The smallest absolute Gasteiger partial charge is 0.334 e. The molecule has 1 aliphatic rings. The summed E-state index contributed by atoms with van der Waals surface area (Å²) in [5.41, 5.74) is -0.567. The van der Waals surface area contributed by atoms with Gasteiger partial charge < -0.3 is 9.47 Å². The van der Waals surface area contributed by atoms with E-state index in [1.807, 2.05) is 0 Å². The van der Waals surface area contributed by atoms with E-state index in [0.717, 1.165) is 36.0 Å². The molecule has 2 aromatic carbocycles. The standard InChI is InChI=1S/C25H22ClF2NO6S/c1-34-22(30)13-36-21-12-20(19(28)11-18(21)26)29(23(31)14-6-5-7-15(27)10-14)24(32)16-8-3-4-9-17(16)25(33)35-2/h5-7,10-12H,3-4,8-9,13H2,1-2H3. The summed E-state index contributed by atoms with van der Waals surface area (Å²) in [6.45, 7) is 0. The molecular formula is C25H22ClF2NO6S. The molecule has 0 fully saturated rings. The Kier molecular flexibility index (Phi) is 9.22. The van der Waals surface area contributed by atoms with Crippen molar-refractivity contribution in [3.63, 3.8) is 0 Å².